The smallest absolute Gasteiger partial charge is 0.158 e. The van der Waals surface area contributed by atoms with Crippen LogP contribution in [0.1, 0.15) is 0 Å². The van der Waals surface area contributed by atoms with E-state index in [9.17, 15) is 4.39 Å². The van der Waals surface area contributed by atoms with E-state index in [1.54, 1.807) is 12.1 Å². The number of nitrogens with one attached hydrogen (secondary N) is 1. The number of hydrogen-bond donors (Lipinski definition) is 1. The first kappa shape index (κ1) is 10.0. The van der Waals surface area contributed by atoms with Crippen LogP contribution in [0.2, 0.25) is 0 Å². The molecule has 0 saturated carbocycles. The molecule has 0 aliphatic heterocycles. The fourth-order valence-corrected chi connectivity index (χ4v) is 2.29. The van der Waals surface area contributed by atoms with Crippen molar-refractivity contribution in [2.24, 2.45) is 0 Å². The number of halogens is 2. The number of rotatable bonds is 1. The van der Waals surface area contributed by atoms with Crippen molar-refractivity contribution in [2.45, 2.75) is 0 Å². The SMILES string of the molecule is Fc1cc(Br)ccc1-c1csc(=S)[nH]1. The molecule has 14 heavy (non-hydrogen) atoms. The molecule has 0 bridgehead atoms. The second-order valence-corrected chi connectivity index (χ2v) is 5.15. The van der Waals surface area contributed by atoms with E-state index in [0.29, 0.717) is 9.52 Å². The van der Waals surface area contributed by atoms with Crippen LogP contribution in [0.4, 0.5) is 4.39 Å². The van der Waals surface area contributed by atoms with Crippen LogP contribution < -0.4 is 0 Å². The molecule has 0 spiro atoms. The third-order valence-electron chi connectivity index (χ3n) is 1.74. The molecule has 0 amide bonds. The van der Waals surface area contributed by atoms with Gasteiger partial charge >= 0.3 is 0 Å². The lowest BCUT2D eigenvalue weighted by atomic mass is 10.2. The van der Waals surface area contributed by atoms with Crippen molar-refractivity contribution >= 4 is 39.5 Å². The molecule has 0 aliphatic carbocycles. The van der Waals surface area contributed by atoms with Crippen LogP contribution in [-0.4, -0.2) is 4.98 Å². The molecule has 1 aromatic heterocycles. The first-order chi connectivity index (χ1) is 6.66. The largest absolute Gasteiger partial charge is 0.337 e. The predicted octanol–water partition coefficient (Wildman–Crippen LogP) is 4.37. The van der Waals surface area contributed by atoms with E-state index in [2.05, 4.69) is 20.9 Å². The Morgan fingerprint density at radius 3 is 2.79 bits per heavy atom. The van der Waals surface area contributed by atoms with E-state index in [1.165, 1.54) is 17.4 Å². The molecule has 0 atom stereocenters. The minimum Gasteiger partial charge on any atom is -0.337 e. The highest BCUT2D eigenvalue weighted by Crippen LogP contribution is 2.25. The zero-order valence-corrected chi connectivity index (χ0v) is 10.1. The van der Waals surface area contributed by atoms with Crippen molar-refractivity contribution in [3.8, 4) is 11.3 Å². The standard InChI is InChI=1S/C9H5BrFNS2/c10-5-1-2-6(7(11)3-5)8-4-14-9(13)12-8/h1-4H,(H,12,13). The van der Waals surface area contributed by atoms with Crippen molar-refractivity contribution in [2.75, 3.05) is 0 Å². The van der Waals surface area contributed by atoms with Crippen molar-refractivity contribution < 1.29 is 4.39 Å². The van der Waals surface area contributed by atoms with Gasteiger partial charge in [0.25, 0.3) is 0 Å². The monoisotopic (exact) mass is 289 g/mol. The van der Waals surface area contributed by atoms with Crippen LogP contribution >= 0.6 is 39.5 Å². The molecular weight excluding hydrogens is 285 g/mol. The van der Waals surface area contributed by atoms with Gasteiger partial charge in [0, 0.05) is 15.4 Å². The van der Waals surface area contributed by atoms with Gasteiger partial charge in [0.1, 0.15) is 5.82 Å². The van der Waals surface area contributed by atoms with Crippen molar-refractivity contribution in [1.29, 1.82) is 0 Å². The minimum absolute atomic E-state index is 0.261. The van der Waals surface area contributed by atoms with E-state index in [0.717, 1.165) is 10.2 Å². The highest BCUT2D eigenvalue weighted by molar-refractivity contribution is 9.10. The molecule has 0 radical (unpaired) electrons. The van der Waals surface area contributed by atoms with Gasteiger partial charge in [-0.3, -0.25) is 0 Å². The molecule has 0 fully saturated rings. The molecular formula is C9H5BrFNS2. The molecule has 2 aromatic rings. The highest BCUT2D eigenvalue weighted by atomic mass is 79.9. The fraction of sp³-hybridized carbons (Fsp3) is 0. The molecule has 0 unspecified atom stereocenters. The maximum Gasteiger partial charge on any atom is 0.158 e. The van der Waals surface area contributed by atoms with Crippen molar-refractivity contribution in [3.05, 3.63) is 37.8 Å². The Hall–Kier alpha value is -0.520. The average molecular weight is 290 g/mol. The van der Waals surface area contributed by atoms with Gasteiger partial charge < -0.3 is 4.98 Å². The molecule has 1 nitrogen and oxygen atoms in total. The van der Waals surface area contributed by atoms with Gasteiger partial charge in [-0.05, 0) is 30.4 Å². The Morgan fingerprint density at radius 1 is 1.43 bits per heavy atom. The fourth-order valence-electron chi connectivity index (χ4n) is 1.12. The molecule has 1 aromatic carbocycles. The van der Waals surface area contributed by atoms with E-state index in [4.69, 9.17) is 12.2 Å². The summed E-state index contributed by atoms with van der Waals surface area (Å²) >= 11 is 9.53. The van der Waals surface area contributed by atoms with Gasteiger partial charge in [-0.25, -0.2) is 4.39 Å². The van der Waals surface area contributed by atoms with Crippen LogP contribution in [0.25, 0.3) is 11.3 Å². The summed E-state index contributed by atoms with van der Waals surface area (Å²) in [5.41, 5.74) is 1.27. The lowest BCUT2D eigenvalue weighted by Gasteiger charge is -1.99. The van der Waals surface area contributed by atoms with Crippen LogP contribution in [0.15, 0.2) is 28.1 Å². The third kappa shape index (κ3) is 1.94. The van der Waals surface area contributed by atoms with E-state index in [1.807, 2.05) is 5.38 Å². The number of hydrogen-bond acceptors (Lipinski definition) is 2. The molecule has 1 N–H and O–H groups in total. The Morgan fingerprint density at radius 2 is 2.21 bits per heavy atom. The van der Waals surface area contributed by atoms with Gasteiger partial charge in [-0.1, -0.05) is 15.9 Å². The van der Waals surface area contributed by atoms with E-state index < -0.39 is 0 Å². The maximum absolute atomic E-state index is 13.5. The normalized spacial score (nSPS) is 10.4. The van der Waals surface area contributed by atoms with Gasteiger partial charge in [-0.2, -0.15) is 0 Å². The summed E-state index contributed by atoms with van der Waals surface area (Å²) in [6.45, 7) is 0. The zero-order chi connectivity index (χ0) is 10.1. The lowest BCUT2D eigenvalue weighted by Crippen LogP contribution is -1.83. The average Bonchev–Trinajstić information content (AvgIpc) is 2.51. The van der Waals surface area contributed by atoms with E-state index in [-0.39, 0.29) is 5.82 Å². The third-order valence-corrected chi connectivity index (χ3v) is 3.30. The second-order valence-electron chi connectivity index (χ2n) is 2.69. The summed E-state index contributed by atoms with van der Waals surface area (Å²) in [5.74, 6) is -0.261. The van der Waals surface area contributed by atoms with Crippen molar-refractivity contribution in [3.63, 3.8) is 0 Å². The predicted molar refractivity (Wildman–Crippen MR) is 62.6 cm³/mol. The second kappa shape index (κ2) is 3.92. The summed E-state index contributed by atoms with van der Waals surface area (Å²) < 4.78 is 14.9. The Bertz CT molecular complexity index is 518. The number of aromatic nitrogens is 1. The zero-order valence-electron chi connectivity index (χ0n) is 6.88. The number of aromatic amines is 1. The Kier molecular flexibility index (Phi) is 2.80. The van der Waals surface area contributed by atoms with Crippen LogP contribution in [0, 0.1) is 9.77 Å². The number of benzene rings is 1. The Labute approximate surface area is 97.7 Å². The molecule has 72 valence electrons. The van der Waals surface area contributed by atoms with Crippen LogP contribution in [0.3, 0.4) is 0 Å². The summed E-state index contributed by atoms with van der Waals surface area (Å²) in [5, 5.41) is 1.81. The molecule has 5 heteroatoms. The van der Waals surface area contributed by atoms with E-state index >= 15 is 0 Å². The summed E-state index contributed by atoms with van der Waals surface area (Å²) in [4.78, 5) is 2.93. The first-order valence-corrected chi connectivity index (χ1v) is 5.88. The molecule has 0 aliphatic rings. The number of H-pyrrole nitrogens is 1. The minimum atomic E-state index is -0.261. The number of thiazole rings is 1. The molecule has 0 saturated heterocycles. The van der Waals surface area contributed by atoms with Gasteiger partial charge in [-0.15, -0.1) is 11.3 Å². The molecule has 2 rings (SSSR count). The topological polar surface area (TPSA) is 15.8 Å². The molecule has 1 heterocycles. The maximum atomic E-state index is 13.5. The van der Waals surface area contributed by atoms with Crippen molar-refractivity contribution in [1.82, 2.24) is 4.98 Å². The van der Waals surface area contributed by atoms with Gasteiger partial charge in [0.2, 0.25) is 0 Å². The van der Waals surface area contributed by atoms with Crippen LogP contribution in [-0.2, 0) is 0 Å². The first-order valence-electron chi connectivity index (χ1n) is 3.80. The highest BCUT2D eigenvalue weighted by Gasteiger charge is 2.06. The quantitative estimate of drug-likeness (QED) is 0.771. The summed E-state index contributed by atoms with van der Waals surface area (Å²) in [7, 11) is 0. The van der Waals surface area contributed by atoms with Gasteiger partial charge in [0.15, 0.2) is 3.95 Å². The summed E-state index contributed by atoms with van der Waals surface area (Å²) in [6, 6.07) is 4.95. The Balaban J connectivity index is 2.57. The van der Waals surface area contributed by atoms with Crippen LogP contribution in [0.5, 0.6) is 0 Å². The lowest BCUT2D eigenvalue weighted by molar-refractivity contribution is 0.630. The van der Waals surface area contributed by atoms with Gasteiger partial charge in [0.05, 0.1) is 5.69 Å². The summed E-state index contributed by atoms with van der Waals surface area (Å²) in [6.07, 6.45) is 0.